The highest BCUT2D eigenvalue weighted by molar-refractivity contribution is 5.78. The molecule has 0 aliphatic carbocycles. The maximum atomic E-state index is 5.40. The molecule has 2 N–H and O–H groups in total. The lowest BCUT2D eigenvalue weighted by molar-refractivity contribution is 0.415. The molecule has 1 fully saturated rings. The highest BCUT2D eigenvalue weighted by atomic mass is 16.5. The van der Waals surface area contributed by atoms with E-state index in [1.54, 1.807) is 7.11 Å². The monoisotopic (exact) mass is 294 g/mol. The van der Waals surface area contributed by atoms with Crippen molar-refractivity contribution in [3.8, 4) is 16.9 Å². The highest BCUT2D eigenvalue weighted by Crippen LogP contribution is 2.45. The van der Waals surface area contributed by atoms with Crippen LogP contribution in [-0.2, 0) is 0 Å². The van der Waals surface area contributed by atoms with Gasteiger partial charge in [0, 0.05) is 17.6 Å². The van der Waals surface area contributed by atoms with Gasteiger partial charge in [-0.25, -0.2) is 0 Å². The van der Waals surface area contributed by atoms with Gasteiger partial charge in [0.1, 0.15) is 5.75 Å². The lowest BCUT2D eigenvalue weighted by atomic mass is 9.86. The van der Waals surface area contributed by atoms with Crippen LogP contribution in [0, 0.1) is 0 Å². The Morgan fingerprint density at radius 3 is 2.82 bits per heavy atom. The first-order valence-corrected chi connectivity index (χ1v) is 8.11. The number of benzene rings is 2. The normalized spacial score (nSPS) is 23.1. The topological polar surface area (TPSA) is 33.3 Å². The molecule has 2 aliphatic heterocycles. The molecule has 2 aromatic carbocycles. The van der Waals surface area contributed by atoms with Crippen LogP contribution in [-0.4, -0.2) is 26.2 Å². The van der Waals surface area contributed by atoms with Crippen LogP contribution >= 0.6 is 0 Å². The zero-order valence-electron chi connectivity index (χ0n) is 12.9. The van der Waals surface area contributed by atoms with Crippen molar-refractivity contribution in [2.45, 2.75) is 24.8 Å². The van der Waals surface area contributed by atoms with Crippen molar-refractivity contribution in [3.05, 3.63) is 48.0 Å². The minimum atomic E-state index is 0.566. The Bertz CT molecular complexity index is 683. The summed E-state index contributed by atoms with van der Waals surface area (Å²) in [6.07, 6.45) is 2.39. The second-order valence-corrected chi connectivity index (χ2v) is 6.18. The molecule has 0 spiro atoms. The van der Waals surface area contributed by atoms with Crippen LogP contribution in [0.2, 0.25) is 0 Å². The summed E-state index contributed by atoms with van der Waals surface area (Å²) in [6.45, 7) is 2.21. The third kappa shape index (κ3) is 2.26. The van der Waals surface area contributed by atoms with Gasteiger partial charge >= 0.3 is 0 Å². The van der Waals surface area contributed by atoms with Gasteiger partial charge in [-0.3, -0.25) is 0 Å². The number of anilines is 1. The first-order valence-electron chi connectivity index (χ1n) is 8.11. The maximum Gasteiger partial charge on any atom is 0.119 e. The standard InChI is InChI=1S/C19H22N2O/c1-22-14-5-2-4-13(12-14)15-6-3-7-18-19(15)16-8-10-20-11-9-17(16)21-18/h2-7,12,16-17,20-21H,8-11H2,1H3/t16-,17-/m0/s1. The summed E-state index contributed by atoms with van der Waals surface area (Å²) in [5.74, 6) is 1.52. The van der Waals surface area contributed by atoms with E-state index in [1.807, 2.05) is 6.07 Å². The Hall–Kier alpha value is -2.00. The number of methoxy groups -OCH3 is 1. The summed E-state index contributed by atoms with van der Waals surface area (Å²) >= 11 is 0. The van der Waals surface area contributed by atoms with E-state index >= 15 is 0 Å². The van der Waals surface area contributed by atoms with E-state index in [-0.39, 0.29) is 0 Å². The van der Waals surface area contributed by atoms with Crippen molar-refractivity contribution in [1.29, 1.82) is 0 Å². The predicted molar refractivity (Wildman–Crippen MR) is 90.7 cm³/mol. The lowest BCUT2D eigenvalue weighted by Crippen LogP contribution is -2.21. The molecule has 0 unspecified atom stereocenters. The van der Waals surface area contributed by atoms with Gasteiger partial charge in [-0.05, 0) is 60.8 Å². The summed E-state index contributed by atoms with van der Waals surface area (Å²) in [6, 6.07) is 15.6. The number of hydrogen-bond donors (Lipinski definition) is 2. The summed E-state index contributed by atoms with van der Waals surface area (Å²) in [7, 11) is 1.73. The van der Waals surface area contributed by atoms with E-state index in [4.69, 9.17) is 4.74 Å². The molecule has 0 aromatic heterocycles. The molecule has 3 heteroatoms. The molecule has 1 saturated heterocycles. The van der Waals surface area contributed by atoms with Gasteiger partial charge in [0.2, 0.25) is 0 Å². The van der Waals surface area contributed by atoms with Gasteiger partial charge in [0.15, 0.2) is 0 Å². The van der Waals surface area contributed by atoms with Crippen LogP contribution in [0.4, 0.5) is 5.69 Å². The number of ether oxygens (including phenoxy) is 1. The Labute approximate surface area is 131 Å². The third-order valence-corrected chi connectivity index (χ3v) is 4.95. The molecular formula is C19H22N2O. The van der Waals surface area contributed by atoms with Gasteiger partial charge in [0.05, 0.1) is 7.11 Å². The minimum Gasteiger partial charge on any atom is -0.497 e. The zero-order chi connectivity index (χ0) is 14.9. The van der Waals surface area contributed by atoms with Gasteiger partial charge in [-0.15, -0.1) is 0 Å². The van der Waals surface area contributed by atoms with Gasteiger partial charge in [-0.1, -0.05) is 24.3 Å². The summed E-state index contributed by atoms with van der Waals surface area (Å²) in [4.78, 5) is 0. The van der Waals surface area contributed by atoms with Crippen molar-refractivity contribution in [1.82, 2.24) is 5.32 Å². The van der Waals surface area contributed by atoms with Crippen molar-refractivity contribution in [3.63, 3.8) is 0 Å². The van der Waals surface area contributed by atoms with Crippen LogP contribution in [0.25, 0.3) is 11.1 Å². The molecule has 22 heavy (non-hydrogen) atoms. The smallest absolute Gasteiger partial charge is 0.119 e. The first-order chi connectivity index (χ1) is 10.9. The fourth-order valence-electron chi connectivity index (χ4n) is 3.89. The molecular weight excluding hydrogens is 272 g/mol. The third-order valence-electron chi connectivity index (χ3n) is 4.95. The van der Waals surface area contributed by atoms with E-state index in [9.17, 15) is 0 Å². The van der Waals surface area contributed by atoms with Crippen LogP contribution in [0.3, 0.4) is 0 Å². The maximum absolute atomic E-state index is 5.40. The van der Waals surface area contributed by atoms with Gasteiger partial charge in [-0.2, -0.15) is 0 Å². The number of rotatable bonds is 2. The van der Waals surface area contributed by atoms with Crippen molar-refractivity contribution >= 4 is 5.69 Å². The van der Waals surface area contributed by atoms with Gasteiger partial charge in [0.25, 0.3) is 0 Å². The first kappa shape index (κ1) is 13.6. The van der Waals surface area contributed by atoms with E-state index in [1.165, 1.54) is 35.2 Å². The van der Waals surface area contributed by atoms with Crippen molar-refractivity contribution < 1.29 is 4.74 Å². The second kappa shape index (κ2) is 5.65. The quantitative estimate of drug-likeness (QED) is 0.887. The average Bonchev–Trinajstić information content (AvgIpc) is 2.76. The van der Waals surface area contributed by atoms with Crippen LogP contribution < -0.4 is 15.4 Å². The molecule has 0 radical (unpaired) electrons. The number of fused-ring (bicyclic) bond motifs is 3. The molecule has 3 nitrogen and oxygen atoms in total. The second-order valence-electron chi connectivity index (χ2n) is 6.18. The Balaban J connectivity index is 1.81. The molecule has 2 aliphatic rings. The molecule has 0 amide bonds. The largest absolute Gasteiger partial charge is 0.497 e. The molecule has 2 atom stereocenters. The minimum absolute atomic E-state index is 0.566. The highest BCUT2D eigenvalue weighted by Gasteiger charge is 2.34. The van der Waals surface area contributed by atoms with Crippen LogP contribution in [0.1, 0.15) is 24.3 Å². The summed E-state index contributed by atoms with van der Waals surface area (Å²) in [5, 5.41) is 7.27. The number of hydrogen-bond acceptors (Lipinski definition) is 3. The number of nitrogens with one attached hydrogen (secondary N) is 2. The molecule has 0 bridgehead atoms. The summed E-state index contributed by atoms with van der Waals surface area (Å²) in [5.41, 5.74) is 5.40. The molecule has 114 valence electrons. The van der Waals surface area contributed by atoms with Crippen LogP contribution in [0.5, 0.6) is 5.75 Å². The van der Waals surface area contributed by atoms with Gasteiger partial charge < -0.3 is 15.4 Å². The Morgan fingerprint density at radius 2 is 1.91 bits per heavy atom. The van der Waals surface area contributed by atoms with E-state index < -0.39 is 0 Å². The lowest BCUT2D eigenvalue weighted by Gasteiger charge is -2.18. The SMILES string of the molecule is COc1cccc(-c2cccc3c2[C@H]2CCNCC[C@@H]2N3)c1. The van der Waals surface area contributed by atoms with Crippen molar-refractivity contribution in [2.24, 2.45) is 0 Å². The fourth-order valence-corrected chi connectivity index (χ4v) is 3.89. The fraction of sp³-hybridized carbons (Fsp3) is 0.368. The van der Waals surface area contributed by atoms with E-state index in [2.05, 4.69) is 47.0 Å². The van der Waals surface area contributed by atoms with Crippen LogP contribution in [0.15, 0.2) is 42.5 Å². The molecule has 2 aromatic rings. The van der Waals surface area contributed by atoms with Crippen molar-refractivity contribution in [2.75, 3.05) is 25.5 Å². The zero-order valence-corrected chi connectivity index (χ0v) is 12.9. The Morgan fingerprint density at radius 1 is 1.05 bits per heavy atom. The van der Waals surface area contributed by atoms with E-state index in [0.29, 0.717) is 12.0 Å². The molecule has 0 saturated carbocycles. The predicted octanol–water partition coefficient (Wildman–Crippen LogP) is 3.62. The molecule has 4 rings (SSSR count). The average molecular weight is 294 g/mol. The summed E-state index contributed by atoms with van der Waals surface area (Å²) < 4.78 is 5.40. The van der Waals surface area contributed by atoms with E-state index in [0.717, 1.165) is 18.8 Å². The Kier molecular flexibility index (Phi) is 3.51. The molecule has 2 heterocycles.